The number of aromatic nitrogens is 1. The molecule has 0 N–H and O–H groups in total. The van der Waals surface area contributed by atoms with Crippen molar-refractivity contribution in [3.8, 4) is 5.75 Å². The third-order valence-corrected chi connectivity index (χ3v) is 9.63. The van der Waals surface area contributed by atoms with Crippen molar-refractivity contribution in [1.82, 2.24) is 9.88 Å². The molecule has 1 aliphatic heterocycles. The maximum Gasteiger partial charge on any atom is 0.130 e. The monoisotopic (exact) mass is 450 g/mol. The van der Waals surface area contributed by atoms with Crippen LogP contribution in [0.2, 0.25) is 5.02 Å². The van der Waals surface area contributed by atoms with E-state index in [1.807, 2.05) is 12.1 Å². The maximum atomic E-state index is 6.08. The van der Waals surface area contributed by atoms with Crippen LogP contribution in [0.15, 0.2) is 36.5 Å². The van der Waals surface area contributed by atoms with Crippen LogP contribution in [0.25, 0.3) is 0 Å². The SMILES string of the molecule is C[C@]12CC[C@@H]3c4ccc(OCc5ccc(Cl)cn5)cc4CC[C@H]3[C@@H]1CC[C@@H]2N1CCCC1. The number of hydrogen-bond donors (Lipinski definition) is 0. The number of halogens is 1. The van der Waals surface area contributed by atoms with Crippen molar-refractivity contribution in [3.63, 3.8) is 0 Å². The molecule has 1 aromatic carbocycles. The Bertz CT molecular complexity index is 970. The second-order valence-electron chi connectivity index (χ2n) is 10.9. The zero-order valence-corrected chi connectivity index (χ0v) is 20.0. The summed E-state index contributed by atoms with van der Waals surface area (Å²) in [5.74, 6) is 3.50. The summed E-state index contributed by atoms with van der Waals surface area (Å²) < 4.78 is 6.08. The highest BCUT2D eigenvalue weighted by molar-refractivity contribution is 6.30. The van der Waals surface area contributed by atoms with E-state index < -0.39 is 0 Å². The standard InChI is InChI=1S/C28H35ClN2O/c1-28-13-12-24-23-9-7-22(32-18-21-6-5-20(29)17-30-21)16-19(23)4-8-25(24)26(28)10-11-27(28)31-14-2-3-15-31/h5-7,9,16-17,24-27H,2-4,8,10-15,18H2,1H3/t24-,25-,26+,27+,28+/m1/s1. The van der Waals surface area contributed by atoms with E-state index in [-0.39, 0.29) is 0 Å². The van der Waals surface area contributed by atoms with E-state index in [1.54, 1.807) is 11.8 Å². The van der Waals surface area contributed by atoms with Gasteiger partial charge in [0.1, 0.15) is 12.4 Å². The first-order valence-electron chi connectivity index (χ1n) is 12.7. The summed E-state index contributed by atoms with van der Waals surface area (Å²) in [5.41, 5.74) is 4.58. The second kappa shape index (κ2) is 8.33. The second-order valence-corrected chi connectivity index (χ2v) is 11.3. The van der Waals surface area contributed by atoms with E-state index in [2.05, 4.69) is 35.0 Å². The van der Waals surface area contributed by atoms with Gasteiger partial charge in [-0.15, -0.1) is 0 Å². The molecule has 3 aliphatic carbocycles. The fourth-order valence-electron chi connectivity index (χ4n) is 7.92. The highest BCUT2D eigenvalue weighted by atomic mass is 35.5. The summed E-state index contributed by atoms with van der Waals surface area (Å²) in [4.78, 5) is 7.20. The normalized spacial score (nSPS) is 34.1. The molecule has 5 atom stereocenters. The number of aryl methyl sites for hydroxylation is 1. The summed E-state index contributed by atoms with van der Waals surface area (Å²) in [5, 5.41) is 0.662. The first kappa shape index (κ1) is 21.0. The van der Waals surface area contributed by atoms with Crippen molar-refractivity contribution >= 4 is 11.6 Å². The Morgan fingerprint density at radius 1 is 1.09 bits per heavy atom. The van der Waals surface area contributed by atoms with Crippen LogP contribution in [0.5, 0.6) is 5.75 Å². The first-order chi connectivity index (χ1) is 15.6. The fraction of sp³-hybridized carbons (Fsp3) is 0.607. The van der Waals surface area contributed by atoms with Gasteiger partial charge in [0, 0.05) is 12.2 Å². The molecule has 4 heteroatoms. The van der Waals surface area contributed by atoms with Crippen LogP contribution in [0.1, 0.15) is 74.6 Å². The molecule has 1 aromatic heterocycles. The minimum atomic E-state index is 0.486. The number of likely N-dealkylation sites (tertiary alicyclic amines) is 1. The number of pyridine rings is 1. The average Bonchev–Trinajstić information content (AvgIpc) is 3.45. The third-order valence-electron chi connectivity index (χ3n) is 9.40. The highest BCUT2D eigenvalue weighted by Crippen LogP contribution is 2.62. The summed E-state index contributed by atoms with van der Waals surface area (Å²) in [6.45, 7) is 5.83. The molecule has 0 spiro atoms. The predicted molar refractivity (Wildman–Crippen MR) is 129 cm³/mol. The molecule has 6 rings (SSSR count). The average molecular weight is 451 g/mol. The van der Waals surface area contributed by atoms with Gasteiger partial charge in [-0.25, -0.2) is 0 Å². The van der Waals surface area contributed by atoms with Crippen LogP contribution in [0.3, 0.4) is 0 Å². The molecule has 3 fully saturated rings. The van der Waals surface area contributed by atoms with Crippen LogP contribution in [-0.2, 0) is 13.0 Å². The Labute approximate surface area is 197 Å². The summed E-state index contributed by atoms with van der Waals surface area (Å²) in [6.07, 6.45) is 12.7. The van der Waals surface area contributed by atoms with Crippen LogP contribution >= 0.6 is 11.6 Å². The van der Waals surface area contributed by atoms with Gasteiger partial charge >= 0.3 is 0 Å². The van der Waals surface area contributed by atoms with Crippen LogP contribution < -0.4 is 4.74 Å². The molecule has 2 aromatic rings. The Kier molecular flexibility index (Phi) is 5.46. The molecule has 0 bridgehead atoms. The molecule has 2 heterocycles. The highest BCUT2D eigenvalue weighted by Gasteiger charge is 2.56. The number of hydrogen-bond acceptors (Lipinski definition) is 3. The maximum absolute atomic E-state index is 6.08. The minimum absolute atomic E-state index is 0.486. The number of nitrogens with zero attached hydrogens (tertiary/aromatic N) is 2. The van der Waals surface area contributed by atoms with Crippen molar-refractivity contribution in [1.29, 1.82) is 0 Å². The van der Waals surface area contributed by atoms with Crippen LogP contribution in [0, 0.1) is 17.3 Å². The van der Waals surface area contributed by atoms with E-state index in [9.17, 15) is 0 Å². The molecule has 1 saturated heterocycles. The molecule has 3 nitrogen and oxygen atoms in total. The number of rotatable bonds is 4. The molecule has 2 saturated carbocycles. The van der Waals surface area contributed by atoms with E-state index in [0.717, 1.165) is 35.2 Å². The van der Waals surface area contributed by atoms with E-state index >= 15 is 0 Å². The quantitative estimate of drug-likeness (QED) is 0.522. The molecule has 32 heavy (non-hydrogen) atoms. The Morgan fingerprint density at radius 2 is 1.97 bits per heavy atom. The predicted octanol–water partition coefficient (Wildman–Crippen LogP) is 6.63. The lowest BCUT2D eigenvalue weighted by atomic mass is 9.55. The van der Waals surface area contributed by atoms with Crippen molar-refractivity contribution in [2.75, 3.05) is 13.1 Å². The largest absolute Gasteiger partial charge is 0.487 e. The molecule has 4 aliphatic rings. The zero-order valence-electron chi connectivity index (χ0n) is 19.2. The van der Waals surface area contributed by atoms with Gasteiger partial charge in [-0.05, 0) is 123 Å². The van der Waals surface area contributed by atoms with E-state index in [0.29, 0.717) is 17.0 Å². The lowest BCUT2D eigenvalue weighted by Gasteiger charge is -2.52. The summed E-state index contributed by atoms with van der Waals surface area (Å²) >= 11 is 5.94. The fourth-order valence-corrected chi connectivity index (χ4v) is 8.03. The number of benzene rings is 1. The molecular formula is C28H35ClN2O. The van der Waals surface area contributed by atoms with Gasteiger partial charge in [0.2, 0.25) is 0 Å². The number of fused-ring (bicyclic) bond motifs is 5. The van der Waals surface area contributed by atoms with Gasteiger partial charge < -0.3 is 4.74 Å². The molecule has 0 radical (unpaired) electrons. The lowest BCUT2D eigenvalue weighted by molar-refractivity contribution is 0.00683. The van der Waals surface area contributed by atoms with Gasteiger partial charge in [-0.1, -0.05) is 24.6 Å². The lowest BCUT2D eigenvalue weighted by Crippen LogP contribution is -2.49. The molecule has 170 valence electrons. The van der Waals surface area contributed by atoms with Gasteiger partial charge in [-0.3, -0.25) is 9.88 Å². The number of ether oxygens (including phenoxy) is 1. The summed E-state index contributed by atoms with van der Waals surface area (Å²) in [6, 6.07) is 11.5. The van der Waals surface area contributed by atoms with Gasteiger partial charge in [0.25, 0.3) is 0 Å². The minimum Gasteiger partial charge on any atom is -0.487 e. The summed E-state index contributed by atoms with van der Waals surface area (Å²) in [7, 11) is 0. The molecular weight excluding hydrogens is 416 g/mol. The third kappa shape index (κ3) is 3.56. The molecule has 0 unspecified atom stereocenters. The van der Waals surface area contributed by atoms with Crippen molar-refractivity contribution in [2.45, 2.75) is 76.9 Å². The Balaban J connectivity index is 1.17. The van der Waals surface area contributed by atoms with Crippen LogP contribution in [-0.4, -0.2) is 29.0 Å². The smallest absolute Gasteiger partial charge is 0.130 e. The Morgan fingerprint density at radius 3 is 2.78 bits per heavy atom. The van der Waals surface area contributed by atoms with Crippen molar-refractivity contribution in [2.24, 2.45) is 17.3 Å². The van der Waals surface area contributed by atoms with E-state index in [1.165, 1.54) is 70.0 Å². The Hall–Kier alpha value is -1.58. The topological polar surface area (TPSA) is 25.4 Å². The van der Waals surface area contributed by atoms with Gasteiger partial charge in [-0.2, -0.15) is 0 Å². The zero-order chi connectivity index (χ0) is 21.7. The van der Waals surface area contributed by atoms with Crippen molar-refractivity contribution in [3.05, 3.63) is 58.4 Å². The van der Waals surface area contributed by atoms with E-state index in [4.69, 9.17) is 16.3 Å². The first-order valence-corrected chi connectivity index (χ1v) is 13.1. The van der Waals surface area contributed by atoms with Crippen LogP contribution in [0.4, 0.5) is 0 Å². The van der Waals surface area contributed by atoms with Gasteiger partial charge in [0.05, 0.1) is 10.7 Å². The molecule has 0 amide bonds. The van der Waals surface area contributed by atoms with Gasteiger partial charge in [0.15, 0.2) is 0 Å². The van der Waals surface area contributed by atoms with Crippen molar-refractivity contribution < 1.29 is 4.74 Å².